The molecule has 0 fully saturated rings. The van der Waals surface area contributed by atoms with Crippen molar-refractivity contribution >= 4 is 21.9 Å². The second-order valence-electron chi connectivity index (χ2n) is 3.78. The van der Waals surface area contributed by atoms with Crippen LogP contribution in [-0.4, -0.2) is 25.6 Å². The van der Waals surface area contributed by atoms with Crippen LogP contribution in [0.15, 0.2) is 27.7 Å². The molecule has 0 heterocycles. The van der Waals surface area contributed by atoms with Crippen molar-refractivity contribution in [2.75, 3.05) is 19.6 Å². The van der Waals surface area contributed by atoms with Crippen molar-refractivity contribution in [1.29, 1.82) is 0 Å². The van der Waals surface area contributed by atoms with E-state index in [1.54, 1.807) is 12.1 Å². The number of benzene rings is 1. The summed E-state index contributed by atoms with van der Waals surface area (Å²) in [6.45, 7) is 6.22. The molecule has 0 spiro atoms. The van der Waals surface area contributed by atoms with Crippen molar-refractivity contribution < 1.29 is 4.39 Å². The molecule has 3 nitrogen and oxygen atoms in total. The van der Waals surface area contributed by atoms with Gasteiger partial charge in [0, 0.05) is 24.1 Å². The fourth-order valence-corrected chi connectivity index (χ4v) is 1.94. The van der Waals surface area contributed by atoms with Crippen LogP contribution >= 0.6 is 15.9 Å². The van der Waals surface area contributed by atoms with E-state index < -0.39 is 0 Å². The van der Waals surface area contributed by atoms with Crippen LogP contribution in [0.5, 0.6) is 0 Å². The zero-order valence-corrected chi connectivity index (χ0v) is 12.3. The van der Waals surface area contributed by atoms with E-state index in [4.69, 9.17) is 0 Å². The summed E-state index contributed by atoms with van der Waals surface area (Å²) in [5.41, 5.74) is 0.681. The number of aliphatic imine (C=N–C) groups is 1. The molecule has 2 N–H and O–H groups in total. The number of nitrogens with one attached hydrogen (secondary N) is 2. The van der Waals surface area contributed by atoms with Gasteiger partial charge in [0.2, 0.25) is 0 Å². The van der Waals surface area contributed by atoms with Crippen molar-refractivity contribution in [3.05, 3.63) is 34.1 Å². The first-order chi connectivity index (χ1) is 8.67. The van der Waals surface area contributed by atoms with Gasteiger partial charge in [0.25, 0.3) is 0 Å². The van der Waals surface area contributed by atoms with E-state index >= 15 is 0 Å². The summed E-state index contributed by atoms with van der Waals surface area (Å²) in [6, 6.07) is 4.97. The van der Waals surface area contributed by atoms with Crippen molar-refractivity contribution in [2.45, 2.75) is 20.3 Å². The van der Waals surface area contributed by atoms with Crippen LogP contribution < -0.4 is 10.6 Å². The van der Waals surface area contributed by atoms with Crippen LogP contribution in [0.4, 0.5) is 4.39 Å². The highest BCUT2D eigenvalue weighted by Crippen LogP contribution is 2.15. The minimum absolute atomic E-state index is 0.179. The lowest BCUT2D eigenvalue weighted by Gasteiger charge is -2.09. The third-order valence-corrected chi connectivity index (χ3v) is 2.84. The summed E-state index contributed by atoms with van der Waals surface area (Å²) in [6.07, 6.45) is 0.589. The summed E-state index contributed by atoms with van der Waals surface area (Å²) in [5, 5.41) is 6.26. The summed E-state index contributed by atoms with van der Waals surface area (Å²) in [4.78, 5) is 4.38. The Balaban J connectivity index is 2.57. The van der Waals surface area contributed by atoms with E-state index in [0.717, 1.165) is 23.5 Å². The fraction of sp³-hybridized carbons (Fsp3) is 0.462. The van der Waals surface area contributed by atoms with Gasteiger partial charge < -0.3 is 10.6 Å². The standard InChI is InChI=1S/C13H19BrFN3/c1-3-16-13(17-4-2)18-8-7-10-9-11(14)5-6-12(10)15/h5-6,9H,3-4,7-8H2,1-2H3,(H2,16,17,18). The Morgan fingerprint density at radius 2 is 1.94 bits per heavy atom. The highest BCUT2D eigenvalue weighted by molar-refractivity contribution is 9.10. The lowest BCUT2D eigenvalue weighted by molar-refractivity contribution is 0.609. The van der Waals surface area contributed by atoms with Gasteiger partial charge in [0.15, 0.2) is 5.96 Å². The van der Waals surface area contributed by atoms with Crippen LogP contribution in [0.3, 0.4) is 0 Å². The van der Waals surface area contributed by atoms with E-state index in [9.17, 15) is 4.39 Å². The highest BCUT2D eigenvalue weighted by Gasteiger charge is 2.02. The Hall–Kier alpha value is -1.10. The summed E-state index contributed by atoms with van der Waals surface area (Å²) in [5.74, 6) is 0.595. The Bertz CT molecular complexity index is 399. The van der Waals surface area contributed by atoms with Crippen molar-refractivity contribution in [3.63, 3.8) is 0 Å². The average Bonchev–Trinajstić information content (AvgIpc) is 2.34. The van der Waals surface area contributed by atoms with Crippen LogP contribution in [0, 0.1) is 5.82 Å². The molecule has 0 bridgehead atoms. The van der Waals surface area contributed by atoms with Crippen LogP contribution in [0.1, 0.15) is 19.4 Å². The van der Waals surface area contributed by atoms with Crippen molar-refractivity contribution in [3.8, 4) is 0 Å². The molecule has 100 valence electrons. The third-order valence-electron chi connectivity index (χ3n) is 2.35. The van der Waals surface area contributed by atoms with Crippen LogP contribution in [0.2, 0.25) is 0 Å². The van der Waals surface area contributed by atoms with Gasteiger partial charge in [-0.1, -0.05) is 15.9 Å². The van der Waals surface area contributed by atoms with Gasteiger partial charge in [0.1, 0.15) is 5.82 Å². The minimum Gasteiger partial charge on any atom is -0.357 e. The second-order valence-corrected chi connectivity index (χ2v) is 4.69. The van der Waals surface area contributed by atoms with Crippen LogP contribution in [-0.2, 0) is 6.42 Å². The van der Waals surface area contributed by atoms with E-state index in [2.05, 4.69) is 31.6 Å². The first-order valence-electron chi connectivity index (χ1n) is 6.13. The predicted octanol–water partition coefficient (Wildman–Crippen LogP) is 2.71. The molecule has 0 aliphatic carbocycles. The quantitative estimate of drug-likeness (QED) is 0.647. The van der Waals surface area contributed by atoms with E-state index in [-0.39, 0.29) is 5.82 Å². The number of rotatable bonds is 5. The van der Waals surface area contributed by atoms with E-state index in [1.165, 1.54) is 6.07 Å². The topological polar surface area (TPSA) is 36.4 Å². The molecule has 0 radical (unpaired) electrons. The molecule has 1 rings (SSSR count). The van der Waals surface area contributed by atoms with E-state index in [1.807, 2.05) is 13.8 Å². The molecule has 0 unspecified atom stereocenters. The molecule has 0 aromatic heterocycles. The molecule has 18 heavy (non-hydrogen) atoms. The summed E-state index contributed by atoms with van der Waals surface area (Å²) < 4.78 is 14.4. The SMILES string of the molecule is CCNC(=NCCc1cc(Br)ccc1F)NCC. The second kappa shape index (κ2) is 8.08. The highest BCUT2D eigenvalue weighted by atomic mass is 79.9. The summed E-state index contributed by atoms with van der Waals surface area (Å²) >= 11 is 3.34. The maximum atomic E-state index is 13.5. The number of hydrogen-bond donors (Lipinski definition) is 2. The maximum Gasteiger partial charge on any atom is 0.191 e. The van der Waals surface area contributed by atoms with Crippen molar-refractivity contribution in [2.24, 2.45) is 4.99 Å². The largest absolute Gasteiger partial charge is 0.357 e. The number of nitrogens with zero attached hydrogens (tertiary/aromatic N) is 1. The van der Waals surface area contributed by atoms with Crippen LogP contribution in [0.25, 0.3) is 0 Å². The average molecular weight is 316 g/mol. The predicted molar refractivity (Wildman–Crippen MR) is 77.5 cm³/mol. The molecule has 1 aromatic carbocycles. The van der Waals surface area contributed by atoms with Gasteiger partial charge in [-0.15, -0.1) is 0 Å². The molecule has 1 aromatic rings. The zero-order chi connectivity index (χ0) is 13.4. The van der Waals surface area contributed by atoms with Crippen molar-refractivity contribution in [1.82, 2.24) is 10.6 Å². The summed E-state index contributed by atoms with van der Waals surface area (Å²) in [7, 11) is 0. The van der Waals surface area contributed by atoms with E-state index in [0.29, 0.717) is 18.5 Å². The lowest BCUT2D eigenvalue weighted by atomic mass is 10.1. The Morgan fingerprint density at radius 3 is 2.56 bits per heavy atom. The Kier molecular flexibility index (Phi) is 6.72. The van der Waals surface area contributed by atoms with Gasteiger partial charge in [-0.3, -0.25) is 4.99 Å². The maximum absolute atomic E-state index is 13.5. The minimum atomic E-state index is -0.179. The fourth-order valence-electron chi connectivity index (χ4n) is 1.53. The Morgan fingerprint density at radius 1 is 1.28 bits per heavy atom. The number of hydrogen-bond acceptors (Lipinski definition) is 1. The molecule has 0 atom stereocenters. The first-order valence-corrected chi connectivity index (χ1v) is 6.92. The molecule has 0 aliphatic heterocycles. The molecule has 5 heteroatoms. The molecule has 0 saturated heterocycles. The first kappa shape index (κ1) is 15.0. The molecular formula is C13H19BrFN3. The molecular weight excluding hydrogens is 297 g/mol. The van der Waals surface area contributed by atoms with Gasteiger partial charge in [-0.05, 0) is 44.0 Å². The zero-order valence-electron chi connectivity index (χ0n) is 10.8. The smallest absolute Gasteiger partial charge is 0.191 e. The molecule has 0 amide bonds. The van der Waals surface area contributed by atoms with Gasteiger partial charge >= 0.3 is 0 Å². The number of guanidine groups is 1. The number of halogens is 2. The van der Waals surface area contributed by atoms with Gasteiger partial charge in [-0.25, -0.2) is 4.39 Å². The third kappa shape index (κ3) is 5.04. The van der Waals surface area contributed by atoms with Gasteiger partial charge in [0.05, 0.1) is 0 Å². The van der Waals surface area contributed by atoms with Gasteiger partial charge in [-0.2, -0.15) is 0 Å². The lowest BCUT2D eigenvalue weighted by Crippen LogP contribution is -2.37. The molecule has 0 aliphatic rings. The normalized spacial score (nSPS) is 10.0. The monoisotopic (exact) mass is 315 g/mol. The molecule has 0 saturated carbocycles. The Labute approximate surface area is 116 Å².